The van der Waals surface area contributed by atoms with Crippen molar-refractivity contribution in [2.24, 2.45) is 0 Å². The molecule has 0 aromatic heterocycles. The molecule has 0 radical (unpaired) electrons. The molecule has 190 valence electrons. The molecule has 0 aliphatic carbocycles. The van der Waals surface area contributed by atoms with E-state index in [2.05, 4.69) is 143 Å². The molecular weight excluding hydrogens is 470 g/mol. The van der Waals surface area contributed by atoms with Gasteiger partial charge in [-0.05, 0) is 0 Å². The van der Waals surface area contributed by atoms with Crippen molar-refractivity contribution >= 4 is 29.8 Å². The summed E-state index contributed by atoms with van der Waals surface area (Å²) in [7, 11) is -1.34. The fourth-order valence-corrected chi connectivity index (χ4v) is 14.8. The van der Waals surface area contributed by atoms with Gasteiger partial charge in [-0.15, -0.1) is 0 Å². The van der Waals surface area contributed by atoms with Crippen molar-refractivity contribution in [1.29, 1.82) is 0 Å². The van der Waals surface area contributed by atoms with E-state index in [1.807, 2.05) is 0 Å². The van der Waals surface area contributed by atoms with Crippen LogP contribution in [0.5, 0.6) is 0 Å². The number of rotatable bonds is 11. The van der Waals surface area contributed by atoms with E-state index in [-0.39, 0.29) is 0 Å². The average Bonchev–Trinajstić information content (AvgIpc) is 2.97. The third kappa shape index (κ3) is 5.09. The fraction of sp³-hybridized carbons (Fsp3) is 0.294. The molecule has 0 aliphatic rings. The average molecular weight is 515 g/mol. The van der Waals surface area contributed by atoms with Gasteiger partial charge in [-0.3, -0.25) is 0 Å². The maximum atomic E-state index is 2.57. The summed E-state index contributed by atoms with van der Waals surface area (Å²) < 4.78 is 0. The molecular formula is C34H44P2. The maximum absolute atomic E-state index is 2.57. The molecule has 0 fully saturated rings. The van der Waals surface area contributed by atoms with Crippen molar-refractivity contribution in [1.82, 2.24) is 0 Å². The zero-order chi connectivity index (χ0) is 25.5. The summed E-state index contributed by atoms with van der Waals surface area (Å²) in [6.07, 6.45) is 7.72. The monoisotopic (exact) mass is 514 g/mol. The van der Waals surface area contributed by atoms with E-state index >= 15 is 0 Å². The van der Waals surface area contributed by atoms with Crippen LogP contribution in [0, 0.1) is 0 Å². The number of aryl methyl sites for hydroxylation is 1. The first-order chi connectivity index (χ1) is 17.5. The van der Waals surface area contributed by atoms with Crippen LogP contribution < -0.4 is 15.9 Å². The summed E-state index contributed by atoms with van der Waals surface area (Å²) >= 11 is 0. The van der Waals surface area contributed by atoms with E-state index in [4.69, 9.17) is 0 Å². The molecule has 2 heteroatoms. The Kier molecular flexibility index (Phi) is 8.50. The van der Waals surface area contributed by atoms with Crippen molar-refractivity contribution in [3.05, 3.63) is 126 Å². The molecule has 4 aromatic rings. The molecule has 0 nitrogen and oxygen atoms in total. The predicted molar refractivity (Wildman–Crippen MR) is 170 cm³/mol. The van der Waals surface area contributed by atoms with Crippen molar-refractivity contribution in [3.63, 3.8) is 0 Å². The summed E-state index contributed by atoms with van der Waals surface area (Å²) in [6, 6.07) is 43.5. The quantitative estimate of drug-likeness (QED) is 0.180. The van der Waals surface area contributed by atoms with Gasteiger partial charge < -0.3 is 0 Å². The topological polar surface area (TPSA) is 0 Å². The van der Waals surface area contributed by atoms with Gasteiger partial charge in [0.1, 0.15) is 0 Å². The van der Waals surface area contributed by atoms with Gasteiger partial charge in [0.2, 0.25) is 0 Å². The third-order valence-corrected chi connectivity index (χ3v) is 21.3. The van der Waals surface area contributed by atoms with Crippen LogP contribution in [-0.4, -0.2) is 31.3 Å². The van der Waals surface area contributed by atoms with E-state index in [0.717, 1.165) is 6.16 Å². The Hall–Kier alpha value is -2.26. The molecule has 4 aromatic carbocycles. The van der Waals surface area contributed by atoms with Gasteiger partial charge in [-0.25, -0.2) is 0 Å². The molecule has 36 heavy (non-hydrogen) atoms. The van der Waals surface area contributed by atoms with Crippen molar-refractivity contribution in [2.45, 2.75) is 33.4 Å². The van der Waals surface area contributed by atoms with Crippen LogP contribution in [-0.2, 0) is 12.6 Å². The van der Waals surface area contributed by atoms with Crippen molar-refractivity contribution < 1.29 is 0 Å². The third-order valence-electron chi connectivity index (χ3n) is 9.20. The van der Waals surface area contributed by atoms with Crippen LogP contribution in [0.4, 0.5) is 0 Å². The number of hydrogen-bond donors (Lipinski definition) is 0. The number of hydrogen-bond acceptors (Lipinski definition) is 0. The van der Waals surface area contributed by atoms with Crippen molar-refractivity contribution in [3.8, 4) is 0 Å². The van der Waals surface area contributed by atoms with Gasteiger partial charge in [0.15, 0.2) is 0 Å². The normalized spacial score (nSPS) is 13.6. The summed E-state index contributed by atoms with van der Waals surface area (Å²) in [4.78, 5) is 0. The summed E-state index contributed by atoms with van der Waals surface area (Å²) in [6.45, 7) is 7.27. The SMILES string of the molecule is CC[PH](CC)(CCc1ccc(P(C)(CC)(c2ccccc2)c2ccccc2)cc1)Cc1ccccc1. The van der Waals surface area contributed by atoms with Crippen LogP contribution >= 0.6 is 13.9 Å². The molecule has 0 spiro atoms. The standard InChI is InChI=1S/C34H44P2/c1-5-35(6-2,29-31-17-11-8-12-18-31)28-27-30-23-25-34(26-24-30)36(4,7-3,32-19-13-9-14-20-32)33-21-15-10-16-22-33/h8-26,35H,5-7,27-29H2,1-4H3. The molecule has 4 rings (SSSR count). The first kappa shape index (κ1) is 26.8. The predicted octanol–water partition coefficient (Wildman–Crippen LogP) is 7.70. The molecule has 0 bridgehead atoms. The van der Waals surface area contributed by atoms with Crippen LogP contribution in [0.25, 0.3) is 0 Å². The molecule has 0 atom stereocenters. The van der Waals surface area contributed by atoms with Gasteiger partial charge >= 0.3 is 221 Å². The van der Waals surface area contributed by atoms with Gasteiger partial charge in [0.05, 0.1) is 0 Å². The zero-order valence-corrected chi connectivity index (χ0v) is 24.6. The van der Waals surface area contributed by atoms with E-state index in [9.17, 15) is 0 Å². The summed E-state index contributed by atoms with van der Waals surface area (Å²) in [5.74, 6) is 0. The summed E-state index contributed by atoms with van der Waals surface area (Å²) in [5.41, 5.74) is 3.02. The number of benzene rings is 4. The minimum atomic E-state index is -2.55. The second-order valence-corrected chi connectivity index (χ2v) is 21.9. The van der Waals surface area contributed by atoms with E-state index < -0.39 is 13.9 Å². The molecule has 0 unspecified atom stereocenters. The van der Waals surface area contributed by atoms with Gasteiger partial charge in [-0.1, -0.05) is 0 Å². The molecule has 0 saturated carbocycles. The van der Waals surface area contributed by atoms with Crippen molar-refractivity contribution in [2.75, 3.05) is 31.3 Å². The fourth-order valence-electron chi connectivity index (χ4n) is 6.10. The van der Waals surface area contributed by atoms with E-state index in [1.165, 1.54) is 58.1 Å². The van der Waals surface area contributed by atoms with Gasteiger partial charge in [0, 0.05) is 0 Å². The Labute approximate surface area is 220 Å². The molecule has 0 amide bonds. The second kappa shape index (κ2) is 11.4. The van der Waals surface area contributed by atoms with Gasteiger partial charge in [-0.2, -0.15) is 0 Å². The minimum absolute atomic E-state index is 1.12. The Morgan fingerprint density at radius 1 is 0.528 bits per heavy atom. The van der Waals surface area contributed by atoms with Crippen LogP contribution in [0.1, 0.15) is 31.9 Å². The Morgan fingerprint density at radius 2 is 0.972 bits per heavy atom. The first-order valence-electron chi connectivity index (χ1n) is 13.7. The second-order valence-electron chi connectivity index (χ2n) is 10.8. The Bertz CT molecular complexity index is 1170. The molecule has 0 heterocycles. The first-order valence-corrected chi connectivity index (χ1v) is 19.4. The Balaban J connectivity index is 1.65. The molecule has 0 aliphatic heterocycles. The van der Waals surface area contributed by atoms with E-state index in [0.29, 0.717) is 0 Å². The van der Waals surface area contributed by atoms with Crippen LogP contribution in [0.2, 0.25) is 0 Å². The van der Waals surface area contributed by atoms with Crippen LogP contribution in [0.3, 0.4) is 0 Å². The zero-order valence-electron chi connectivity index (χ0n) is 22.7. The molecule has 0 saturated heterocycles. The molecule has 0 N–H and O–H groups in total. The Morgan fingerprint density at radius 3 is 1.42 bits per heavy atom. The summed E-state index contributed by atoms with van der Waals surface area (Å²) in [5, 5.41) is 4.47. The van der Waals surface area contributed by atoms with Crippen LogP contribution in [0.15, 0.2) is 115 Å². The van der Waals surface area contributed by atoms with Gasteiger partial charge in [0.25, 0.3) is 0 Å². The van der Waals surface area contributed by atoms with E-state index in [1.54, 1.807) is 0 Å².